The largest absolute Gasteiger partial charge is 0.326 e. The van der Waals surface area contributed by atoms with Crippen LogP contribution in [0, 0.1) is 13.8 Å². The lowest BCUT2D eigenvalue weighted by atomic mass is 10.2. The molecule has 0 bridgehead atoms. The molecule has 0 radical (unpaired) electrons. The highest BCUT2D eigenvalue weighted by Crippen LogP contribution is 2.45. The van der Waals surface area contributed by atoms with E-state index in [-0.39, 0.29) is 17.9 Å². The van der Waals surface area contributed by atoms with Crippen LogP contribution in [0.4, 0.5) is 5.69 Å². The van der Waals surface area contributed by atoms with Crippen molar-refractivity contribution in [2.45, 2.75) is 31.4 Å². The molecule has 0 spiro atoms. The number of aromatic nitrogens is 2. The van der Waals surface area contributed by atoms with Gasteiger partial charge in [-0.15, -0.1) is 34.9 Å². The van der Waals surface area contributed by atoms with Crippen molar-refractivity contribution in [3.63, 3.8) is 0 Å². The fourth-order valence-electron chi connectivity index (χ4n) is 3.19. The fourth-order valence-corrected chi connectivity index (χ4v) is 7.01. The number of nitrogens with zero attached hydrogens (tertiary/aromatic N) is 2. The molecule has 1 saturated heterocycles. The summed E-state index contributed by atoms with van der Waals surface area (Å²) in [4.78, 5) is 31.4. The Labute approximate surface area is 175 Å². The summed E-state index contributed by atoms with van der Waals surface area (Å²) >= 11 is 5.42. The molecule has 146 valence electrons. The third kappa shape index (κ3) is 3.99. The van der Waals surface area contributed by atoms with E-state index in [0.29, 0.717) is 16.5 Å². The van der Waals surface area contributed by atoms with Gasteiger partial charge in [-0.05, 0) is 37.1 Å². The summed E-state index contributed by atoms with van der Waals surface area (Å²) in [5.74, 6) is 2.23. The number of hydrogen-bond donors (Lipinski definition) is 1. The third-order valence-electron chi connectivity index (χ3n) is 4.80. The first-order chi connectivity index (χ1) is 13.5. The second-order valence-electron chi connectivity index (χ2n) is 6.70. The van der Waals surface area contributed by atoms with E-state index in [0.717, 1.165) is 21.0 Å². The van der Waals surface area contributed by atoms with Crippen LogP contribution in [0.2, 0.25) is 0 Å². The average Bonchev–Trinajstić information content (AvgIpc) is 3.31. The number of aryl methyl sites for hydroxylation is 3. The third-order valence-corrected chi connectivity index (χ3v) is 9.02. The summed E-state index contributed by atoms with van der Waals surface area (Å²) in [6, 6.07) is 8.04. The van der Waals surface area contributed by atoms with Crippen LogP contribution in [-0.2, 0) is 11.3 Å². The number of amides is 1. The molecular formula is C20H21N3O2S3. The SMILES string of the molecule is Cc1sc2ncn(CCC(=O)Nc3cccc(C4SCCS4)c3)c(=O)c2c1C. The number of fused-ring (bicyclic) bond motifs is 1. The number of nitrogens with one attached hydrogen (secondary N) is 1. The van der Waals surface area contributed by atoms with E-state index < -0.39 is 0 Å². The van der Waals surface area contributed by atoms with Crippen molar-refractivity contribution in [2.75, 3.05) is 16.8 Å². The molecule has 2 aromatic heterocycles. The van der Waals surface area contributed by atoms with Gasteiger partial charge in [0.25, 0.3) is 5.56 Å². The zero-order valence-electron chi connectivity index (χ0n) is 15.7. The zero-order valence-corrected chi connectivity index (χ0v) is 18.2. The number of carbonyl (C=O) groups is 1. The molecule has 8 heteroatoms. The number of carbonyl (C=O) groups excluding carboxylic acids is 1. The summed E-state index contributed by atoms with van der Waals surface area (Å²) in [5.41, 5.74) is 2.95. The first-order valence-corrected chi connectivity index (χ1v) is 12.0. The van der Waals surface area contributed by atoms with E-state index in [1.807, 2.05) is 55.6 Å². The van der Waals surface area contributed by atoms with Crippen molar-refractivity contribution < 1.29 is 4.79 Å². The molecule has 1 aliphatic rings. The Kier molecular flexibility index (Phi) is 5.80. The number of thioether (sulfide) groups is 2. The molecule has 4 rings (SSSR count). The van der Waals surface area contributed by atoms with Gasteiger partial charge in [0.1, 0.15) is 4.83 Å². The molecular weight excluding hydrogens is 410 g/mol. The van der Waals surface area contributed by atoms with E-state index in [2.05, 4.69) is 16.4 Å². The van der Waals surface area contributed by atoms with Crippen LogP contribution in [0.5, 0.6) is 0 Å². The Morgan fingerprint density at radius 2 is 2.07 bits per heavy atom. The number of hydrogen-bond acceptors (Lipinski definition) is 6. The lowest BCUT2D eigenvalue weighted by molar-refractivity contribution is -0.116. The van der Waals surface area contributed by atoms with Gasteiger partial charge in [0.15, 0.2) is 0 Å². The van der Waals surface area contributed by atoms with Gasteiger partial charge >= 0.3 is 0 Å². The standard InChI is InChI=1S/C20H21N3O2S3/c1-12-13(2)28-18-17(12)19(25)23(11-21-18)7-6-16(24)22-15-5-3-4-14(10-15)20-26-8-9-27-20/h3-5,10-11,20H,6-9H2,1-2H3,(H,22,24). The van der Waals surface area contributed by atoms with Crippen LogP contribution in [0.3, 0.4) is 0 Å². The second kappa shape index (κ2) is 8.31. The van der Waals surface area contributed by atoms with Crippen LogP contribution in [0.1, 0.15) is 27.0 Å². The fraction of sp³-hybridized carbons (Fsp3) is 0.350. The molecule has 3 heterocycles. The maximum atomic E-state index is 12.7. The van der Waals surface area contributed by atoms with Gasteiger partial charge in [-0.2, -0.15) is 0 Å². The maximum absolute atomic E-state index is 12.7. The van der Waals surface area contributed by atoms with Crippen LogP contribution < -0.4 is 10.9 Å². The van der Waals surface area contributed by atoms with Crippen LogP contribution in [-0.4, -0.2) is 27.0 Å². The first-order valence-electron chi connectivity index (χ1n) is 9.11. The molecule has 1 aromatic carbocycles. The summed E-state index contributed by atoms with van der Waals surface area (Å²) in [6.07, 6.45) is 1.77. The van der Waals surface area contributed by atoms with Crippen LogP contribution >= 0.6 is 34.9 Å². The molecule has 1 aliphatic heterocycles. The van der Waals surface area contributed by atoms with E-state index in [4.69, 9.17) is 0 Å². The van der Waals surface area contributed by atoms with Crippen LogP contribution in [0.25, 0.3) is 10.2 Å². The molecule has 1 fully saturated rings. The van der Waals surface area contributed by atoms with Crippen molar-refractivity contribution in [2.24, 2.45) is 0 Å². The Bertz CT molecular complexity index is 1080. The summed E-state index contributed by atoms with van der Waals surface area (Å²) < 4.78 is 1.98. The van der Waals surface area contributed by atoms with Crippen molar-refractivity contribution in [1.82, 2.24) is 9.55 Å². The smallest absolute Gasteiger partial charge is 0.262 e. The quantitative estimate of drug-likeness (QED) is 0.640. The Balaban J connectivity index is 1.43. The highest BCUT2D eigenvalue weighted by molar-refractivity contribution is 8.19. The van der Waals surface area contributed by atoms with Crippen molar-refractivity contribution >= 4 is 56.7 Å². The first kappa shape index (κ1) is 19.5. The van der Waals surface area contributed by atoms with Crippen molar-refractivity contribution in [3.05, 3.63) is 57.0 Å². The van der Waals surface area contributed by atoms with Gasteiger partial charge in [-0.3, -0.25) is 14.2 Å². The molecule has 0 unspecified atom stereocenters. The molecule has 0 atom stereocenters. The number of anilines is 1. The lowest BCUT2D eigenvalue weighted by Gasteiger charge is -2.11. The van der Waals surface area contributed by atoms with Gasteiger partial charge in [0.05, 0.1) is 16.3 Å². The summed E-state index contributed by atoms with van der Waals surface area (Å²) in [6.45, 7) is 4.26. The monoisotopic (exact) mass is 431 g/mol. The van der Waals surface area contributed by atoms with E-state index in [1.54, 1.807) is 6.33 Å². The van der Waals surface area contributed by atoms with E-state index in [9.17, 15) is 9.59 Å². The van der Waals surface area contributed by atoms with Crippen molar-refractivity contribution in [3.8, 4) is 0 Å². The van der Waals surface area contributed by atoms with Gasteiger partial charge in [0, 0.05) is 35.0 Å². The molecule has 28 heavy (non-hydrogen) atoms. The minimum atomic E-state index is -0.103. The van der Waals surface area contributed by atoms with Crippen molar-refractivity contribution in [1.29, 1.82) is 0 Å². The van der Waals surface area contributed by atoms with E-state index in [1.165, 1.54) is 33.0 Å². The topological polar surface area (TPSA) is 64.0 Å². The van der Waals surface area contributed by atoms with Crippen LogP contribution in [0.15, 0.2) is 35.4 Å². The Morgan fingerprint density at radius 3 is 2.86 bits per heavy atom. The van der Waals surface area contributed by atoms with Gasteiger partial charge in [-0.1, -0.05) is 12.1 Å². The average molecular weight is 432 g/mol. The second-order valence-corrected chi connectivity index (χ2v) is 10.6. The molecule has 3 aromatic rings. The highest BCUT2D eigenvalue weighted by atomic mass is 32.2. The normalized spacial score (nSPS) is 14.6. The number of thiophene rings is 1. The summed E-state index contributed by atoms with van der Waals surface area (Å²) in [5, 5.41) is 3.63. The molecule has 1 N–H and O–H groups in total. The molecule has 5 nitrogen and oxygen atoms in total. The zero-order chi connectivity index (χ0) is 19.7. The summed E-state index contributed by atoms with van der Waals surface area (Å²) in [7, 11) is 0. The molecule has 0 saturated carbocycles. The van der Waals surface area contributed by atoms with Gasteiger partial charge < -0.3 is 5.32 Å². The van der Waals surface area contributed by atoms with E-state index >= 15 is 0 Å². The highest BCUT2D eigenvalue weighted by Gasteiger charge is 2.18. The molecule has 1 amide bonds. The Hall–Kier alpha value is -1.77. The predicted molar refractivity (Wildman–Crippen MR) is 121 cm³/mol. The maximum Gasteiger partial charge on any atom is 0.262 e. The Morgan fingerprint density at radius 1 is 1.29 bits per heavy atom. The number of benzene rings is 1. The molecule has 0 aliphatic carbocycles. The minimum absolute atomic E-state index is 0.0723. The van der Waals surface area contributed by atoms with Gasteiger partial charge in [-0.25, -0.2) is 4.98 Å². The predicted octanol–water partition coefficient (Wildman–Crippen LogP) is 4.58. The minimum Gasteiger partial charge on any atom is -0.326 e. The number of rotatable bonds is 5. The van der Waals surface area contributed by atoms with Gasteiger partial charge in [0.2, 0.25) is 5.91 Å². The lowest BCUT2D eigenvalue weighted by Crippen LogP contribution is -2.23.